The van der Waals surface area contributed by atoms with E-state index in [1.165, 1.54) is 55.5 Å². The molecule has 0 radical (unpaired) electrons. The zero-order chi connectivity index (χ0) is 22.2. The molecule has 5 heteroatoms. The molecule has 0 saturated carbocycles. The molecule has 0 spiro atoms. The number of halogens is 1. The molecule has 0 bridgehead atoms. The Bertz CT molecular complexity index is 853. The molecule has 1 amide bonds. The normalized spacial score (nSPS) is 18.9. The van der Waals surface area contributed by atoms with Gasteiger partial charge in [0, 0.05) is 30.0 Å². The van der Waals surface area contributed by atoms with E-state index in [0.29, 0.717) is 6.54 Å². The highest BCUT2D eigenvalue weighted by Gasteiger charge is 2.24. The number of hydrogen-bond acceptors (Lipinski definition) is 3. The van der Waals surface area contributed by atoms with E-state index in [-0.39, 0.29) is 11.8 Å². The summed E-state index contributed by atoms with van der Waals surface area (Å²) >= 11 is 3.55. The third-order valence-electron chi connectivity index (χ3n) is 6.85. The van der Waals surface area contributed by atoms with Gasteiger partial charge in [0.1, 0.15) is 0 Å². The summed E-state index contributed by atoms with van der Waals surface area (Å²) in [5, 5.41) is 3.18. The molecular formula is C27H36BrN3O. The highest BCUT2D eigenvalue weighted by Crippen LogP contribution is 2.21. The van der Waals surface area contributed by atoms with Gasteiger partial charge in [-0.1, -0.05) is 65.2 Å². The maximum absolute atomic E-state index is 12.7. The number of carbonyl (C=O) groups excluding carboxylic acids is 1. The van der Waals surface area contributed by atoms with Crippen LogP contribution in [0.3, 0.4) is 0 Å². The van der Waals surface area contributed by atoms with Crippen molar-refractivity contribution in [2.45, 2.75) is 58.2 Å². The SMILES string of the molecule is O=C(NCc1ccc(CN2CCCCCC2)cc1)C1CCN(Cc2cccc(Br)c2)CC1. The van der Waals surface area contributed by atoms with Crippen LogP contribution >= 0.6 is 15.9 Å². The molecule has 2 aromatic rings. The van der Waals surface area contributed by atoms with Crippen LogP contribution in [0.25, 0.3) is 0 Å². The molecule has 0 aliphatic carbocycles. The van der Waals surface area contributed by atoms with Crippen molar-refractivity contribution in [2.75, 3.05) is 26.2 Å². The van der Waals surface area contributed by atoms with Crippen LogP contribution in [0.4, 0.5) is 0 Å². The average Bonchev–Trinajstić information content (AvgIpc) is 3.08. The zero-order valence-electron chi connectivity index (χ0n) is 19.1. The quantitative estimate of drug-likeness (QED) is 0.559. The fraction of sp³-hybridized carbons (Fsp3) is 0.519. The number of nitrogens with zero attached hydrogens (tertiary/aromatic N) is 2. The minimum atomic E-state index is 0.135. The number of hydrogen-bond donors (Lipinski definition) is 1. The Morgan fingerprint density at radius 1 is 0.812 bits per heavy atom. The van der Waals surface area contributed by atoms with Gasteiger partial charge in [0.2, 0.25) is 5.91 Å². The number of likely N-dealkylation sites (tertiary alicyclic amines) is 2. The van der Waals surface area contributed by atoms with Crippen molar-refractivity contribution in [2.24, 2.45) is 5.92 Å². The van der Waals surface area contributed by atoms with E-state index < -0.39 is 0 Å². The van der Waals surface area contributed by atoms with Crippen molar-refractivity contribution in [3.8, 4) is 0 Å². The Kier molecular flexibility index (Phi) is 8.77. The monoisotopic (exact) mass is 497 g/mol. The molecular weight excluding hydrogens is 462 g/mol. The molecule has 0 unspecified atom stereocenters. The molecule has 0 aromatic heterocycles. The van der Waals surface area contributed by atoms with Crippen molar-refractivity contribution in [3.63, 3.8) is 0 Å². The maximum atomic E-state index is 12.7. The number of benzene rings is 2. The number of nitrogens with one attached hydrogen (secondary N) is 1. The third kappa shape index (κ3) is 7.16. The second-order valence-corrected chi connectivity index (χ2v) is 10.3. The predicted molar refractivity (Wildman–Crippen MR) is 134 cm³/mol. The van der Waals surface area contributed by atoms with E-state index in [1.54, 1.807) is 0 Å². The van der Waals surface area contributed by atoms with Crippen LogP contribution in [0.15, 0.2) is 53.0 Å². The van der Waals surface area contributed by atoms with Crippen molar-refractivity contribution in [1.29, 1.82) is 0 Å². The predicted octanol–water partition coefficient (Wildman–Crippen LogP) is 5.35. The summed E-state index contributed by atoms with van der Waals surface area (Å²) in [5.41, 5.74) is 3.88. The number of piperidine rings is 1. The lowest BCUT2D eigenvalue weighted by Gasteiger charge is -2.31. The summed E-state index contributed by atoms with van der Waals surface area (Å²) in [6.07, 6.45) is 7.28. The summed E-state index contributed by atoms with van der Waals surface area (Å²) in [6.45, 7) is 7.04. The van der Waals surface area contributed by atoms with Crippen LogP contribution in [0.2, 0.25) is 0 Å². The Morgan fingerprint density at radius 2 is 1.44 bits per heavy atom. The second-order valence-electron chi connectivity index (χ2n) is 9.41. The summed E-state index contributed by atoms with van der Waals surface area (Å²) in [6, 6.07) is 17.3. The van der Waals surface area contributed by atoms with E-state index in [4.69, 9.17) is 0 Å². The van der Waals surface area contributed by atoms with Gasteiger partial charge in [0.15, 0.2) is 0 Å². The molecule has 4 nitrogen and oxygen atoms in total. The smallest absolute Gasteiger partial charge is 0.223 e. The Labute approximate surface area is 201 Å². The lowest BCUT2D eigenvalue weighted by atomic mass is 9.95. The molecule has 2 fully saturated rings. The third-order valence-corrected chi connectivity index (χ3v) is 7.34. The summed E-state index contributed by atoms with van der Waals surface area (Å²) in [5.74, 6) is 0.344. The van der Waals surface area contributed by atoms with Crippen LogP contribution < -0.4 is 5.32 Å². The first-order valence-corrected chi connectivity index (χ1v) is 13.0. The van der Waals surface area contributed by atoms with Gasteiger partial charge in [0.25, 0.3) is 0 Å². The molecule has 2 saturated heterocycles. The molecule has 2 heterocycles. The second kappa shape index (κ2) is 12.0. The van der Waals surface area contributed by atoms with E-state index in [0.717, 1.165) is 43.5 Å². The lowest BCUT2D eigenvalue weighted by molar-refractivity contribution is -0.126. The van der Waals surface area contributed by atoms with Gasteiger partial charge >= 0.3 is 0 Å². The van der Waals surface area contributed by atoms with Gasteiger partial charge in [-0.25, -0.2) is 0 Å². The summed E-state index contributed by atoms with van der Waals surface area (Å²) in [4.78, 5) is 17.7. The lowest BCUT2D eigenvalue weighted by Crippen LogP contribution is -2.40. The number of rotatable bonds is 7. The molecule has 32 heavy (non-hydrogen) atoms. The van der Waals surface area contributed by atoms with Crippen molar-refractivity contribution in [3.05, 3.63) is 69.7 Å². The topological polar surface area (TPSA) is 35.6 Å². The van der Waals surface area contributed by atoms with Crippen LogP contribution in [-0.4, -0.2) is 41.9 Å². The molecule has 2 aliphatic rings. The Hall–Kier alpha value is -1.69. The van der Waals surface area contributed by atoms with Crippen molar-refractivity contribution >= 4 is 21.8 Å². The Morgan fingerprint density at radius 3 is 2.12 bits per heavy atom. The first-order valence-electron chi connectivity index (χ1n) is 12.2. The summed E-state index contributed by atoms with van der Waals surface area (Å²) in [7, 11) is 0. The first kappa shape index (κ1) is 23.5. The van der Waals surface area contributed by atoms with Crippen LogP contribution in [0.1, 0.15) is 55.2 Å². The van der Waals surface area contributed by atoms with E-state index in [9.17, 15) is 4.79 Å². The maximum Gasteiger partial charge on any atom is 0.223 e. The van der Waals surface area contributed by atoms with Gasteiger partial charge in [-0.3, -0.25) is 14.6 Å². The highest BCUT2D eigenvalue weighted by molar-refractivity contribution is 9.10. The largest absolute Gasteiger partial charge is 0.352 e. The highest BCUT2D eigenvalue weighted by atomic mass is 79.9. The van der Waals surface area contributed by atoms with Gasteiger partial charge in [-0.15, -0.1) is 0 Å². The Balaban J connectivity index is 1.18. The standard InChI is InChI=1S/C27H36BrN3O/c28-26-7-5-6-24(18-26)21-31-16-12-25(13-17-31)27(32)29-19-22-8-10-23(11-9-22)20-30-14-3-1-2-4-15-30/h5-11,18,25H,1-4,12-17,19-21H2,(H,29,32). The number of carbonyl (C=O) groups is 1. The van der Waals surface area contributed by atoms with E-state index >= 15 is 0 Å². The van der Waals surface area contributed by atoms with Gasteiger partial charge in [-0.2, -0.15) is 0 Å². The molecule has 0 atom stereocenters. The fourth-order valence-electron chi connectivity index (χ4n) is 4.90. The average molecular weight is 499 g/mol. The molecule has 172 valence electrons. The van der Waals surface area contributed by atoms with Gasteiger partial charge < -0.3 is 5.32 Å². The molecule has 2 aromatic carbocycles. The molecule has 2 aliphatic heterocycles. The minimum Gasteiger partial charge on any atom is -0.352 e. The van der Waals surface area contributed by atoms with Gasteiger partial charge in [0.05, 0.1) is 0 Å². The van der Waals surface area contributed by atoms with Crippen LogP contribution in [0.5, 0.6) is 0 Å². The first-order chi connectivity index (χ1) is 15.7. The molecule has 1 N–H and O–H groups in total. The van der Waals surface area contributed by atoms with Gasteiger partial charge in [-0.05, 0) is 80.7 Å². The van der Waals surface area contributed by atoms with Crippen molar-refractivity contribution < 1.29 is 4.79 Å². The zero-order valence-corrected chi connectivity index (χ0v) is 20.7. The number of amides is 1. The minimum absolute atomic E-state index is 0.135. The van der Waals surface area contributed by atoms with Crippen LogP contribution in [0, 0.1) is 5.92 Å². The fourth-order valence-corrected chi connectivity index (χ4v) is 5.34. The van der Waals surface area contributed by atoms with E-state index in [2.05, 4.69) is 79.6 Å². The van der Waals surface area contributed by atoms with E-state index in [1.807, 2.05) is 0 Å². The van der Waals surface area contributed by atoms with Crippen molar-refractivity contribution in [1.82, 2.24) is 15.1 Å². The van der Waals surface area contributed by atoms with Crippen LogP contribution in [-0.2, 0) is 24.4 Å². The molecule has 4 rings (SSSR count). The summed E-state index contributed by atoms with van der Waals surface area (Å²) < 4.78 is 1.12.